The number of ether oxygens (including phenoxy) is 1. The molecule has 0 amide bonds. The molecule has 1 N–H and O–H groups in total. The Balaban J connectivity index is 1.88. The summed E-state index contributed by atoms with van der Waals surface area (Å²) >= 11 is 0. The average molecular weight is 391 g/mol. The van der Waals surface area contributed by atoms with Gasteiger partial charge in [0.05, 0.1) is 11.1 Å². The molecule has 2 rings (SSSR count). The molecule has 154 valence electrons. The quantitative estimate of drug-likeness (QED) is 0.384. The van der Waals surface area contributed by atoms with Crippen molar-refractivity contribution in [3.8, 4) is 5.88 Å². The standard InChI is InChI=1S/C22H30FNO4/c1-3-4-5-6-7-8-9-10-13-28-15-20(26)21-18-14-17(23)11-12-19(18)24(16(2)25)22(21)27/h11-12,14,27H,3-10,13,15H2,1-2H3. The fraction of sp³-hybridized carbons (Fsp3) is 0.545. The second-order valence-corrected chi connectivity index (χ2v) is 7.17. The van der Waals surface area contributed by atoms with Crippen LogP contribution in [0, 0.1) is 5.82 Å². The summed E-state index contributed by atoms with van der Waals surface area (Å²) in [6, 6.07) is 3.72. The Morgan fingerprint density at radius 3 is 2.36 bits per heavy atom. The number of ketones is 1. The Morgan fingerprint density at radius 1 is 1.07 bits per heavy atom. The Hall–Kier alpha value is -2.21. The second-order valence-electron chi connectivity index (χ2n) is 7.17. The number of aromatic nitrogens is 1. The third-order valence-electron chi connectivity index (χ3n) is 4.87. The zero-order chi connectivity index (χ0) is 20.5. The molecule has 1 heterocycles. The SMILES string of the molecule is CCCCCCCCCCOCC(=O)c1c(O)n(C(C)=O)c2ccc(F)cc12. The van der Waals surface area contributed by atoms with Crippen LogP contribution < -0.4 is 0 Å². The van der Waals surface area contributed by atoms with Crippen molar-refractivity contribution in [2.75, 3.05) is 13.2 Å². The Morgan fingerprint density at radius 2 is 1.71 bits per heavy atom. The molecule has 5 nitrogen and oxygen atoms in total. The van der Waals surface area contributed by atoms with Crippen molar-refractivity contribution < 1.29 is 23.8 Å². The van der Waals surface area contributed by atoms with Crippen LogP contribution in [0.15, 0.2) is 18.2 Å². The zero-order valence-electron chi connectivity index (χ0n) is 16.8. The van der Waals surface area contributed by atoms with Crippen LogP contribution in [-0.2, 0) is 4.74 Å². The lowest BCUT2D eigenvalue weighted by Crippen LogP contribution is -2.11. The number of unbranched alkanes of at least 4 members (excludes halogenated alkanes) is 7. The number of fused-ring (bicyclic) bond motifs is 1. The minimum Gasteiger partial charge on any atom is -0.494 e. The normalized spacial score (nSPS) is 11.2. The lowest BCUT2D eigenvalue weighted by atomic mass is 10.1. The minimum absolute atomic E-state index is 0.0689. The number of carbonyl (C=O) groups excluding carboxylic acids is 2. The molecule has 0 aliphatic rings. The molecule has 0 aliphatic carbocycles. The van der Waals surface area contributed by atoms with Crippen molar-refractivity contribution >= 4 is 22.6 Å². The zero-order valence-corrected chi connectivity index (χ0v) is 16.8. The van der Waals surface area contributed by atoms with Crippen molar-refractivity contribution in [1.29, 1.82) is 0 Å². The largest absolute Gasteiger partial charge is 0.494 e. The van der Waals surface area contributed by atoms with E-state index in [-0.39, 0.29) is 17.6 Å². The highest BCUT2D eigenvalue weighted by atomic mass is 19.1. The van der Waals surface area contributed by atoms with Crippen LogP contribution in [0.25, 0.3) is 10.9 Å². The van der Waals surface area contributed by atoms with Crippen molar-refractivity contribution in [2.45, 2.75) is 65.2 Å². The third-order valence-corrected chi connectivity index (χ3v) is 4.87. The Kier molecular flexibility index (Phi) is 8.64. The minimum atomic E-state index is -0.540. The molecule has 2 aromatic rings. The van der Waals surface area contributed by atoms with Crippen molar-refractivity contribution in [3.05, 3.63) is 29.6 Å². The summed E-state index contributed by atoms with van der Waals surface area (Å²) in [5, 5.41) is 10.6. The van der Waals surface area contributed by atoms with Gasteiger partial charge in [-0.05, 0) is 24.6 Å². The van der Waals surface area contributed by atoms with Gasteiger partial charge in [-0.3, -0.25) is 14.2 Å². The first kappa shape index (κ1) is 22.1. The number of rotatable bonds is 12. The molecule has 0 bridgehead atoms. The first-order valence-corrected chi connectivity index (χ1v) is 10.1. The van der Waals surface area contributed by atoms with E-state index in [4.69, 9.17) is 4.74 Å². The van der Waals surface area contributed by atoms with E-state index in [2.05, 4.69) is 6.92 Å². The smallest absolute Gasteiger partial charge is 0.230 e. The topological polar surface area (TPSA) is 68.5 Å². The monoisotopic (exact) mass is 391 g/mol. The highest BCUT2D eigenvalue weighted by Gasteiger charge is 2.24. The number of aromatic hydroxyl groups is 1. The molecule has 0 aliphatic heterocycles. The highest BCUT2D eigenvalue weighted by Crippen LogP contribution is 2.32. The molecule has 0 unspecified atom stereocenters. The van der Waals surface area contributed by atoms with Gasteiger partial charge in [-0.15, -0.1) is 0 Å². The Labute approximate surface area is 165 Å². The van der Waals surface area contributed by atoms with Gasteiger partial charge in [0.25, 0.3) is 0 Å². The van der Waals surface area contributed by atoms with Crippen LogP contribution in [0.5, 0.6) is 5.88 Å². The molecule has 0 atom stereocenters. The van der Waals surface area contributed by atoms with Gasteiger partial charge in [0.15, 0.2) is 5.78 Å². The number of hydrogen-bond donors (Lipinski definition) is 1. The Bertz CT molecular complexity index is 812. The molecule has 6 heteroatoms. The van der Waals surface area contributed by atoms with Gasteiger partial charge in [0, 0.05) is 18.9 Å². The second kappa shape index (κ2) is 11.0. The lowest BCUT2D eigenvalue weighted by Gasteiger charge is -2.05. The van der Waals surface area contributed by atoms with Crippen molar-refractivity contribution in [1.82, 2.24) is 4.57 Å². The van der Waals surface area contributed by atoms with Crippen LogP contribution in [0.3, 0.4) is 0 Å². The first-order valence-electron chi connectivity index (χ1n) is 10.1. The van der Waals surface area contributed by atoms with E-state index in [1.54, 1.807) is 0 Å². The molecular formula is C22H30FNO4. The van der Waals surface area contributed by atoms with Gasteiger partial charge < -0.3 is 9.84 Å². The van der Waals surface area contributed by atoms with Crippen LogP contribution in [0.4, 0.5) is 4.39 Å². The maximum Gasteiger partial charge on any atom is 0.230 e. The van der Waals surface area contributed by atoms with Crippen LogP contribution in [0.1, 0.15) is 80.4 Å². The van der Waals surface area contributed by atoms with Crippen molar-refractivity contribution in [2.24, 2.45) is 0 Å². The summed E-state index contributed by atoms with van der Waals surface area (Å²) in [6.07, 6.45) is 9.41. The van der Waals surface area contributed by atoms with Gasteiger partial charge in [-0.2, -0.15) is 0 Å². The fourth-order valence-corrected chi connectivity index (χ4v) is 3.42. The van der Waals surface area contributed by atoms with E-state index in [1.807, 2.05) is 0 Å². The molecule has 0 saturated carbocycles. The summed E-state index contributed by atoms with van der Waals surface area (Å²) in [4.78, 5) is 24.3. The maximum atomic E-state index is 13.6. The van der Waals surface area contributed by atoms with Gasteiger partial charge in [-0.1, -0.05) is 51.9 Å². The highest BCUT2D eigenvalue weighted by molar-refractivity contribution is 6.13. The molecule has 1 aromatic carbocycles. The fourth-order valence-electron chi connectivity index (χ4n) is 3.42. The van der Waals surface area contributed by atoms with E-state index >= 15 is 0 Å². The van der Waals surface area contributed by atoms with E-state index in [9.17, 15) is 19.1 Å². The summed E-state index contributed by atoms with van der Waals surface area (Å²) in [6.45, 7) is 3.72. The molecule has 1 aromatic heterocycles. The average Bonchev–Trinajstić information content (AvgIpc) is 2.94. The molecular weight excluding hydrogens is 361 g/mol. The number of halogens is 1. The number of nitrogens with zero attached hydrogens (tertiary/aromatic N) is 1. The first-order chi connectivity index (χ1) is 13.5. The van der Waals surface area contributed by atoms with Crippen LogP contribution >= 0.6 is 0 Å². The summed E-state index contributed by atoms with van der Waals surface area (Å²) < 4.78 is 20.1. The third kappa shape index (κ3) is 5.64. The van der Waals surface area contributed by atoms with Gasteiger partial charge in [0.1, 0.15) is 12.4 Å². The number of carbonyl (C=O) groups is 2. The number of benzene rings is 1. The molecule has 0 spiro atoms. The maximum absolute atomic E-state index is 13.6. The van der Waals surface area contributed by atoms with E-state index < -0.39 is 23.4 Å². The number of hydrogen-bond acceptors (Lipinski definition) is 4. The van der Waals surface area contributed by atoms with Crippen molar-refractivity contribution in [3.63, 3.8) is 0 Å². The van der Waals surface area contributed by atoms with Crippen LogP contribution in [0.2, 0.25) is 0 Å². The summed E-state index contributed by atoms with van der Waals surface area (Å²) in [5.41, 5.74) is 0.235. The summed E-state index contributed by atoms with van der Waals surface area (Å²) in [5.74, 6) is -1.92. The van der Waals surface area contributed by atoms with E-state index in [0.717, 1.165) is 29.9 Å². The molecule has 28 heavy (non-hydrogen) atoms. The predicted molar refractivity (Wildman–Crippen MR) is 108 cm³/mol. The van der Waals surface area contributed by atoms with Gasteiger partial charge >= 0.3 is 0 Å². The predicted octanol–water partition coefficient (Wildman–Crippen LogP) is 5.49. The molecule has 0 saturated heterocycles. The van der Waals surface area contributed by atoms with E-state index in [0.29, 0.717) is 12.1 Å². The lowest BCUT2D eigenvalue weighted by molar-refractivity contribution is 0.0750. The van der Waals surface area contributed by atoms with Gasteiger partial charge in [-0.25, -0.2) is 4.39 Å². The van der Waals surface area contributed by atoms with Crippen LogP contribution in [-0.4, -0.2) is 34.6 Å². The molecule has 0 radical (unpaired) electrons. The van der Waals surface area contributed by atoms with Gasteiger partial charge in [0.2, 0.25) is 11.8 Å². The van der Waals surface area contributed by atoms with E-state index in [1.165, 1.54) is 51.2 Å². The molecule has 0 fully saturated rings. The number of Topliss-reactive ketones (excluding diaryl/α,β-unsaturated/α-hetero) is 1. The summed E-state index contributed by atoms with van der Waals surface area (Å²) in [7, 11) is 0.